The van der Waals surface area contributed by atoms with E-state index >= 15 is 0 Å². The number of thiazole rings is 1. The molecule has 78 valence electrons. The van der Waals surface area contributed by atoms with Gasteiger partial charge < -0.3 is 5.32 Å². The van der Waals surface area contributed by atoms with E-state index in [9.17, 15) is 0 Å². The number of nitrogens with zero attached hydrogens (tertiary/aromatic N) is 2. The van der Waals surface area contributed by atoms with E-state index in [1.54, 1.807) is 11.3 Å². The SMILES string of the molecule is CNc1ccc(-c2sc(C)nc2C)cn1. The summed E-state index contributed by atoms with van der Waals surface area (Å²) in [5.74, 6) is 0.887. The normalized spacial score (nSPS) is 10.3. The third-order valence-corrected chi connectivity index (χ3v) is 3.31. The second kappa shape index (κ2) is 3.98. The molecular formula is C11H13N3S. The van der Waals surface area contributed by atoms with Crippen LogP contribution in [0.25, 0.3) is 10.4 Å². The second-order valence-corrected chi connectivity index (χ2v) is 4.53. The zero-order valence-corrected chi connectivity index (χ0v) is 9.85. The van der Waals surface area contributed by atoms with Crippen LogP contribution in [0.15, 0.2) is 18.3 Å². The molecule has 0 amide bonds. The minimum Gasteiger partial charge on any atom is -0.373 e. The van der Waals surface area contributed by atoms with Crippen molar-refractivity contribution in [2.45, 2.75) is 13.8 Å². The smallest absolute Gasteiger partial charge is 0.125 e. The first-order chi connectivity index (χ1) is 7.20. The Hall–Kier alpha value is -1.42. The molecule has 0 spiro atoms. The van der Waals surface area contributed by atoms with Gasteiger partial charge in [0.25, 0.3) is 0 Å². The third kappa shape index (κ3) is 1.99. The zero-order chi connectivity index (χ0) is 10.8. The van der Waals surface area contributed by atoms with Gasteiger partial charge in [-0.15, -0.1) is 11.3 Å². The lowest BCUT2D eigenvalue weighted by molar-refractivity contribution is 1.20. The number of hydrogen-bond acceptors (Lipinski definition) is 4. The number of nitrogens with one attached hydrogen (secondary N) is 1. The van der Waals surface area contributed by atoms with Gasteiger partial charge in [-0.25, -0.2) is 9.97 Å². The Labute approximate surface area is 93.2 Å². The van der Waals surface area contributed by atoms with Crippen LogP contribution in [0.3, 0.4) is 0 Å². The van der Waals surface area contributed by atoms with Crippen molar-refractivity contribution < 1.29 is 0 Å². The maximum atomic E-state index is 4.41. The van der Waals surface area contributed by atoms with Crippen molar-refractivity contribution >= 4 is 17.2 Å². The van der Waals surface area contributed by atoms with E-state index in [2.05, 4.69) is 21.4 Å². The van der Waals surface area contributed by atoms with E-state index in [0.717, 1.165) is 22.1 Å². The molecule has 0 aliphatic carbocycles. The molecule has 0 unspecified atom stereocenters. The standard InChI is InChI=1S/C11H13N3S/c1-7-11(15-8(2)14-7)9-4-5-10(12-3)13-6-9/h4-6H,1-3H3,(H,12,13). The minimum absolute atomic E-state index is 0.887. The first-order valence-corrected chi connectivity index (χ1v) is 5.60. The largest absolute Gasteiger partial charge is 0.373 e. The molecule has 15 heavy (non-hydrogen) atoms. The molecule has 0 aliphatic heterocycles. The third-order valence-electron chi connectivity index (χ3n) is 2.19. The molecule has 4 heteroatoms. The molecule has 0 aromatic carbocycles. The van der Waals surface area contributed by atoms with Gasteiger partial charge in [0.15, 0.2) is 0 Å². The molecule has 0 fully saturated rings. The van der Waals surface area contributed by atoms with Crippen molar-refractivity contribution in [2.75, 3.05) is 12.4 Å². The fraction of sp³-hybridized carbons (Fsp3) is 0.273. The molecule has 1 N–H and O–H groups in total. The van der Waals surface area contributed by atoms with Crippen LogP contribution in [0.2, 0.25) is 0 Å². The van der Waals surface area contributed by atoms with E-state index in [1.807, 2.05) is 33.2 Å². The fourth-order valence-corrected chi connectivity index (χ4v) is 2.39. The van der Waals surface area contributed by atoms with Crippen molar-refractivity contribution in [3.63, 3.8) is 0 Å². The molecule has 0 saturated heterocycles. The van der Waals surface area contributed by atoms with Gasteiger partial charge in [-0.2, -0.15) is 0 Å². The predicted octanol–water partition coefficient (Wildman–Crippen LogP) is 2.86. The van der Waals surface area contributed by atoms with Crippen molar-refractivity contribution in [1.29, 1.82) is 0 Å². The predicted molar refractivity (Wildman–Crippen MR) is 64.4 cm³/mol. The Kier molecular flexibility index (Phi) is 2.68. The Balaban J connectivity index is 2.41. The average Bonchev–Trinajstić information content (AvgIpc) is 2.58. The summed E-state index contributed by atoms with van der Waals surface area (Å²) in [5, 5.41) is 4.10. The second-order valence-electron chi connectivity index (χ2n) is 3.33. The van der Waals surface area contributed by atoms with Crippen LogP contribution in [-0.4, -0.2) is 17.0 Å². The van der Waals surface area contributed by atoms with Gasteiger partial charge in [0.05, 0.1) is 15.6 Å². The average molecular weight is 219 g/mol. The summed E-state index contributed by atoms with van der Waals surface area (Å²) < 4.78 is 0. The van der Waals surface area contributed by atoms with Gasteiger partial charge >= 0.3 is 0 Å². The lowest BCUT2D eigenvalue weighted by Gasteiger charge is -2.00. The summed E-state index contributed by atoms with van der Waals surface area (Å²) >= 11 is 1.71. The van der Waals surface area contributed by atoms with Crippen LogP contribution in [0.1, 0.15) is 10.7 Å². The highest BCUT2D eigenvalue weighted by Crippen LogP contribution is 2.29. The summed E-state index contributed by atoms with van der Waals surface area (Å²) in [7, 11) is 1.87. The van der Waals surface area contributed by atoms with Gasteiger partial charge in [0.1, 0.15) is 5.82 Å². The molecule has 2 rings (SSSR count). The van der Waals surface area contributed by atoms with Crippen LogP contribution in [0, 0.1) is 13.8 Å². The maximum Gasteiger partial charge on any atom is 0.125 e. The Morgan fingerprint density at radius 2 is 2.07 bits per heavy atom. The highest BCUT2D eigenvalue weighted by Gasteiger charge is 2.07. The lowest BCUT2D eigenvalue weighted by atomic mass is 10.2. The molecule has 2 aromatic heterocycles. The minimum atomic E-state index is 0.887. The number of rotatable bonds is 2. The quantitative estimate of drug-likeness (QED) is 0.844. The first kappa shape index (κ1) is 10.1. The Morgan fingerprint density at radius 3 is 2.53 bits per heavy atom. The Morgan fingerprint density at radius 1 is 1.27 bits per heavy atom. The Bertz CT molecular complexity index is 459. The molecule has 0 atom stereocenters. The molecule has 0 saturated carbocycles. The van der Waals surface area contributed by atoms with E-state index in [-0.39, 0.29) is 0 Å². The van der Waals surface area contributed by atoms with Crippen molar-refractivity contribution in [3.05, 3.63) is 29.0 Å². The molecule has 2 aromatic rings. The lowest BCUT2D eigenvalue weighted by Crippen LogP contribution is -1.91. The van der Waals surface area contributed by atoms with Crippen LogP contribution in [-0.2, 0) is 0 Å². The first-order valence-electron chi connectivity index (χ1n) is 4.79. The molecule has 0 aliphatic rings. The van der Waals surface area contributed by atoms with Gasteiger partial charge in [0, 0.05) is 18.8 Å². The van der Waals surface area contributed by atoms with Gasteiger partial charge in [-0.05, 0) is 26.0 Å². The fourth-order valence-electron chi connectivity index (χ4n) is 1.48. The number of aryl methyl sites for hydroxylation is 2. The maximum absolute atomic E-state index is 4.41. The summed E-state index contributed by atoms with van der Waals surface area (Å²) in [6.07, 6.45) is 1.88. The molecule has 0 radical (unpaired) electrons. The summed E-state index contributed by atoms with van der Waals surface area (Å²) in [6.45, 7) is 4.06. The highest BCUT2D eigenvalue weighted by molar-refractivity contribution is 7.15. The van der Waals surface area contributed by atoms with Crippen molar-refractivity contribution in [3.8, 4) is 10.4 Å². The van der Waals surface area contributed by atoms with E-state index in [1.165, 1.54) is 4.88 Å². The van der Waals surface area contributed by atoms with Crippen LogP contribution in [0.4, 0.5) is 5.82 Å². The molecular weight excluding hydrogens is 206 g/mol. The number of anilines is 1. The molecule has 3 nitrogen and oxygen atoms in total. The molecule has 0 bridgehead atoms. The van der Waals surface area contributed by atoms with Crippen molar-refractivity contribution in [2.24, 2.45) is 0 Å². The number of pyridine rings is 1. The number of aromatic nitrogens is 2. The summed E-state index contributed by atoms with van der Waals surface area (Å²) in [4.78, 5) is 9.91. The van der Waals surface area contributed by atoms with Gasteiger partial charge in [-0.1, -0.05) is 0 Å². The summed E-state index contributed by atoms with van der Waals surface area (Å²) in [5.41, 5.74) is 2.22. The van der Waals surface area contributed by atoms with Gasteiger partial charge in [0.2, 0.25) is 0 Å². The highest BCUT2D eigenvalue weighted by atomic mass is 32.1. The monoisotopic (exact) mass is 219 g/mol. The van der Waals surface area contributed by atoms with E-state index in [0.29, 0.717) is 0 Å². The summed E-state index contributed by atoms with van der Waals surface area (Å²) in [6, 6.07) is 4.04. The zero-order valence-electron chi connectivity index (χ0n) is 9.03. The number of hydrogen-bond donors (Lipinski definition) is 1. The van der Waals surface area contributed by atoms with Crippen LogP contribution < -0.4 is 5.32 Å². The van der Waals surface area contributed by atoms with Crippen LogP contribution >= 0.6 is 11.3 Å². The van der Waals surface area contributed by atoms with E-state index in [4.69, 9.17) is 0 Å². The van der Waals surface area contributed by atoms with Gasteiger partial charge in [-0.3, -0.25) is 0 Å². The van der Waals surface area contributed by atoms with Crippen LogP contribution in [0.5, 0.6) is 0 Å². The van der Waals surface area contributed by atoms with Crippen molar-refractivity contribution in [1.82, 2.24) is 9.97 Å². The van der Waals surface area contributed by atoms with E-state index < -0.39 is 0 Å². The molecule has 2 heterocycles. The topological polar surface area (TPSA) is 37.8 Å².